The Hall–Kier alpha value is -4.58. The van der Waals surface area contributed by atoms with Gasteiger partial charge in [-0.1, -0.05) is 36.4 Å². The number of benzene rings is 3. The van der Waals surface area contributed by atoms with E-state index in [-0.39, 0.29) is 5.84 Å². The number of pyridine rings is 1. The molecule has 0 aliphatic carbocycles. The van der Waals surface area contributed by atoms with E-state index in [2.05, 4.69) is 9.97 Å². The van der Waals surface area contributed by atoms with Gasteiger partial charge < -0.3 is 21.2 Å². The van der Waals surface area contributed by atoms with E-state index in [4.69, 9.17) is 21.6 Å². The van der Waals surface area contributed by atoms with Crippen LogP contribution < -0.4 is 16.2 Å². The molecule has 0 radical (unpaired) electrons. The first kappa shape index (κ1) is 19.4. The lowest BCUT2D eigenvalue weighted by Crippen LogP contribution is -2.16. The summed E-state index contributed by atoms with van der Waals surface area (Å²) in [5.74, 6) is 1.37. The van der Waals surface area contributed by atoms with Crippen molar-refractivity contribution >= 4 is 22.4 Å². The number of para-hydroxylation sites is 1. The fourth-order valence-corrected chi connectivity index (χ4v) is 3.79. The zero-order chi connectivity index (χ0) is 22.1. The molecule has 0 unspecified atom stereocenters. The number of nitrogens with one attached hydrogen (secondary N) is 2. The summed E-state index contributed by atoms with van der Waals surface area (Å²) in [6, 6.07) is 25.1. The van der Waals surface area contributed by atoms with Crippen LogP contribution in [0.5, 0.6) is 11.5 Å². The summed E-state index contributed by atoms with van der Waals surface area (Å²) in [5.41, 5.74) is 17.4. The predicted octanol–water partition coefficient (Wildman–Crippen LogP) is 5.56. The van der Waals surface area contributed by atoms with E-state index in [0.717, 1.165) is 27.8 Å². The minimum absolute atomic E-state index is 0.103. The first-order valence-electron chi connectivity index (χ1n) is 10.1. The van der Waals surface area contributed by atoms with Gasteiger partial charge in [0.1, 0.15) is 17.3 Å². The first-order valence-corrected chi connectivity index (χ1v) is 10.1. The van der Waals surface area contributed by atoms with E-state index in [1.807, 2.05) is 85.1 Å². The van der Waals surface area contributed by atoms with Crippen LogP contribution in [-0.2, 0) is 0 Å². The molecule has 6 N–H and O–H groups in total. The molecule has 32 heavy (non-hydrogen) atoms. The quantitative estimate of drug-likeness (QED) is 0.221. The van der Waals surface area contributed by atoms with E-state index in [0.29, 0.717) is 28.3 Å². The largest absolute Gasteiger partial charge is 0.457 e. The second-order valence-corrected chi connectivity index (χ2v) is 7.44. The number of ether oxygens (including phenoxy) is 1. The summed E-state index contributed by atoms with van der Waals surface area (Å²) in [6.45, 7) is 0. The number of H-pyrrole nitrogens is 1. The Balaban J connectivity index is 1.53. The molecule has 0 amide bonds. The van der Waals surface area contributed by atoms with Crippen molar-refractivity contribution in [2.75, 3.05) is 5.73 Å². The lowest BCUT2D eigenvalue weighted by atomic mass is 9.96. The van der Waals surface area contributed by atoms with Gasteiger partial charge in [-0.25, -0.2) is 0 Å². The molecule has 2 heterocycles. The van der Waals surface area contributed by atoms with Crippen molar-refractivity contribution < 1.29 is 4.74 Å². The molecule has 0 saturated heterocycles. The highest BCUT2D eigenvalue weighted by atomic mass is 16.5. The third-order valence-corrected chi connectivity index (χ3v) is 5.36. The highest BCUT2D eigenvalue weighted by Gasteiger charge is 2.18. The number of aromatic amines is 1. The maximum Gasteiger partial charge on any atom is 0.127 e. The Morgan fingerprint density at radius 3 is 2.34 bits per heavy atom. The van der Waals surface area contributed by atoms with Crippen molar-refractivity contribution in [1.29, 1.82) is 5.41 Å². The zero-order valence-corrected chi connectivity index (χ0v) is 17.2. The minimum atomic E-state index is -0.103. The normalized spacial score (nSPS) is 10.9. The Bertz CT molecular complexity index is 1420. The Labute approximate surface area is 185 Å². The number of hydrogen-bond donors (Lipinski definition) is 4. The number of fused-ring (bicyclic) bond motifs is 1. The molecule has 6 heteroatoms. The number of hydrogen-bond acceptors (Lipinski definition) is 4. The van der Waals surface area contributed by atoms with Crippen molar-refractivity contribution in [2.45, 2.75) is 0 Å². The van der Waals surface area contributed by atoms with Crippen molar-refractivity contribution in [3.8, 4) is 33.9 Å². The molecule has 156 valence electrons. The fourth-order valence-electron chi connectivity index (χ4n) is 3.79. The molecule has 0 bridgehead atoms. The fraction of sp³-hybridized carbons (Fsp3) is 0. The molecular weight excluding hydrogens is 398 g/mol. The topological polar surface area (TPSA) is 114 Å². The van der Waals surface area contributed by atoms with Crippen molar-refractivity contribution in [3.05, 3.63) is 96.8 Å². The molecule has 0 saturated carbocycles. The van der Waals surface area contributed by atoms with E-state index in [1.165, 1.54) is 0 Å². The summed E-state index contributed by atoms with van der Waals surface area (Å²) in [6.07, 6.45) is 3.61. The van der Waals surface area contributed by atoms with Gasteiger partial charge in [0.15, 0.2) is 0 Å². The number of nitrogen functional groups attached to an aromatic ring is 2. The SMILES string of the molecule is N=C(N)c1c(-c2ccc(Oc3ccccc3)cc2)cnc(-c2ccc3[nH]ccc3c2)c1N. The maximum absolute atomic E-state index is 8.16. The third-order valence-electron chi connectivity index (χ3n) is 5.36. The second kappa shape index (κ2) is 7.92. The van der Waals surface area contributed by atoms with Gasteiger partial charge in [0.25, 0.3) is 0 Å². The van der Waals surface area contributed by atoms with Crippen LogP contribution in [0.3, 0.4) is 0 Å². The second-order valence-electron chi connectivity index (χ2n) is 7.44. The van der Waals surface area contributed by atoms with Crippen molar-refractivity contribution in [3.63, 3.8) is 0 Å². The highest BCUT2D eigenvalue weighted by Crippen LogP contribution is 2.35. The smallest absolute Gasteiger partial charge is 0.127 e. The summed E-state index contributed by atoms with van der Waals surface area (Å²) in [5, 5.41) is 9.22. The lowest BCUT2D eigenvalue weighted by molar-refractivity contribution is 0.483. The Morgan fingerprint density at radius 1 is 0.875 bits per heavy atom. The van der Waals surface area contributed by atoms with Gasteiger partial charge in [-0.2, -0.15) is 0 Å². The number of aromatic nitrogens is 2. The standard InChI is InChI=1S/C26H21N5O/c27-24-23(26(28)29)21(15-31-25(24)18-8-11-22-17(14-18)12-13-30-22)16-6-9-20(10-7-16)32-19-4-2-1-3-5-19/h1-15,30H,27H2,(H3,28,29). The summed E-state index contributed by atoms with van der Waals surface area (Å²) in [7, 11) is 0. The van der Waals surface area contributed by atoms with E-state index >= 15 is 0 Å². The molecule has 6 nitrogen and oxygen atoms in total. The molecule has 0 fully saturated rings. The molecule has 2 aromatic heterocycles. The van der Waals surface area contributed by atoms with Crippen LogP contribution in [-0.4, -0.2) is 15.8 Å². The summed E-state index contributed by atoms with van der Waals surface area (Å²) < 4.78 is 5.87. The molecule has 5 rings (SSSR count). The molecule has 0 spiro atoms. The number of anilines is 1. The average Bonchev–Trinajstić information content (AvgIpc) is 3.28. The van der Waals surface area contributed by atoms with Crippen LogP contribution in [0, 0.1) is 5.41 Å². The van der Waals surface area contributed by atoms with Crippen LogP contribution in [0.4, 0.5) is 5.69 Å². The van der Waals surface area contributed by atoms with Crippen LogP contribution in [0.15, 0.2) is 91.3 Å². The van der Waals surface area contributed by atoms with Gasteiger partial charge in [0, 0.05) is 34.4 Å². The monoisotopic (exact) mass is 419 g/mol. The van der Waals surface area contributed by atoms with E-state index in [9.17, 15) is 0 Å². The molecular formula is C26H21N5O. The van der Waals surface area contributed by atoms with Gasteiger partial charge in [0.2, 0.25) is 0 Å². The summed E-state index contributed by atoms with van der Waals surface area (Å²) in [4.78, 5) is 7.81. The number of nitrogens with two attached hydrogens (primary N) is 2. The Kier molecular flexibility index (Phi) is 4.80. The van der Waals surface area contributed by atoms with Gasteiger partial charge in [-0.3, -0.25) is 10.4 Å². The third kappa shape index (κ3) is 3.54. The molecule has 0 atom stereocenters. The van der Waals surface area contributed by atoms with Crippen molar-refractivity contribution in [1.82, 2.24) is 9.97 Å². The number of amidine groups is 1. The number of nitrogens with zero attached hydrogens (tertiary/aromatic N) is 1. The predicted molar refractivity (Wildman–Crippen MR) is 129 cm³/mol. The lowest BCUT2D eigenvalue weighted by Gasteiger charge is -2.15. The van der Waals surface area contributed by atoms with Gasteiger partial charge in [0.05, 0.1) is 16.9 Å². The van der Waals surface area contributed by atoms with Crippen molar-refractivity contribution in [2.24, 2.45) is 5.73 Å². The van der Waals surface area contributed by atoms with Gasteiger partial charge in [-0.05, 0) is 48.0 Å². The number of rotatable bonds is 5. The van der Waals surface area contributed by atoms with Gasteiger partial charge >= 0.3 is 0 Å². The maximum atomic E-state index is 8.16. The molecule has 3 aromatic carbocycles. The van der Waals surface area contributed by atoms with Crippen LogP contribution in [0.25, 0.3) is 33.3 Å². The van der Waals surface area contributed by atoms with Gasteiger partial charge in [-0.15, -0.1) is 0 Å². The van der Waals surface area contributed by atoms with E-state index in [1.54, 1.807) is 6.20 Å². The minimum Gasteiger partial charge on any atom is -0.457 e. The molecule has 0 aliphatic rings. The van der Waals surface area contributed by atoms with Crippen LogP contribution in [0.2, 0.25) is 0 Å². The van der Waals surface area contributed by atoms with Crippen LogP contribution in [0.1, 0.15) is 5.56 Å². The molecule has 5 aromatic rings. The van der Waals surface area contributed by atoms with Crippen LogP contribution >= 0.6 is 0 Å². The zero-order valence-electron chi connectivity index (χ0n) is 17.2. The van der Waals surface area contributed by atoms with E-state index < -0.39 is 0 Å². The highest BCUT2D eigenvalue weighted by molar-refractivity contribution is 6.08. The average molecular weight is 419 g/mol. The first-order chi connectivity index (χ1) is 15.6. The summed E-state index contributed by atoms with van der Waals surface area (Å²) >= 11 is 0. The Morgan fingerprint density at radius 2 is 1.59 bits per heavy atom. The molecule has 0 aliphatic heterocycles.